The summed E-state index contributed by atoms with van der Waals surface area (Å²) < 4.78 is 21.9. The average Bonchev–Trinajstić information content (AvgIpc) is 3.32. The number of carboxylic acids is 1. The average molecular weight is 1010 g/mol. The second-order valence-electron chi connectivity index (χ2n) is 17.0. The quantitative estimate of drug-likeness (QED) is 0.0866. The van der Waals surface area contributed by atoms with E-state index in [2.05, 4.69) is 0 Å². The summed E-state index contributed by atoms with van der Waals surface area (Å²) >= 11 is 0. The van der Waals surface area contributed by atoms with Crippen LogP contribution in [0.4, 0.5) is 0 Å². The van der Waals surface area contributed by atoms with Gasteiger partial charge >= 0.3 is 5.97 Å². The Balaban J connectivity index is 0.000000205. The largest absolute Gasteiger partial charge is 0.507 e. The van der Waals surface area contributed by atoms with Crippen molar-refractivity contribution in [2.24, 2.45) is 11.7 Å². The number of aliphatic carboxylic acids is 1. The second-order valence-corrected chi connectivity index (χ2v) is 17.0. The number of carbonyl (C=O) groups is 1. The molecule has 0 saturated carbocycles. The molecule has 0 unspecified atom stereocenters. The predicted molar refractivity (Wildman–Crippen MR) is 245 cm³/mol. The highest BCUT2D eigenvalue weighted by Gasteiger charge is 2.47. The number of nitrogens with two attached hydrogens (primary N) is 1. The van der Waals surface area contributed by atoms with Crippen molar-refractivity contribution in [3.05, 3.63) is 92.2 Å². The van der Waals surface area contributed by atoms with Gasteiger partial charge in [-0.3, -0.25) is 14.4 Å². The first kappa shape index (κ1) is 54.1. The van der Waals surface area contributed by atoms with Crippen LogP contribution in [0.2, 0.25) is 0 Å². The molecule has 4 aromatic carbocycles. The smallest absolute Gasteiger partial charge is 0.320 e. The van der Waals surface area contributed by atoms with Crippen LogP contribution in [0.3, 0.4) is 0 Å². The number of aliphatic hydroxyl groups is 8. The van der Waals surface area contributed by atoms with Gasteiger partial charge in [0.2, 0.25) is 0 Å². The second kappa shape index (κ2) is 21.6. The summed E-state index contributed by atoms with van der Waals surface area (Å²) in [6.45, 7) is 2.11. The van der Waals surface area contributed by atoms with E-state index in [1.54, 1.807) is 13.8 Å². The van der Waals surface area contributed by atoms with Crippen LogP contribution >= 0.6 is 0 Å². The third-order valence-corrected chi connectivity index (χ3v) is 11.9. The molecule has 25 nitrogen and oxygen atoms in total. The fourth-order valence-corrected chi connectivity index (χ4v) is 7.77. The lowest BCUT2D eigenvalue weighted by atomic mass is 9.89. The van der Waals surface area contributed by atoms with E-state index in [0.29, 0.717) is 0 Å². The number of rotatable bonds is 8. The van der Waals surface area contributed by atoms with Crippen LogP contribution in [-0.4, -0.2) is 161 Å². The van der Waals surface area contributed by atoms with Crippen LogP contribution in [-0.2, 0) is 14.3 Å². The molecule has 2 saturated heterocycles. The predicted octanol–water partition coefficient (Wildman–Crippen LogP) is -0.351. The zero-order chi connectivity index (χ0) is 53.4. The molecule has 0 spiro atoms. The monoisotopic (exact) mass is 1010 g/mol. The van der Waals surface area contributed by atoms with Gasteiger partial charge in [0.1, 0.15) is 124 Å². The van der Waals surface area contributed by atoms with Crippen molar-refractivity contribution >= 4 is 27.9 Å². The third kappa shape index (κ3) is 10.5. The first-order chi connectivity index (χ1) is 33.8. The highest BCUT2D eigenvalue weighted by molar-refractivity contribution is 5.89. The molecule has 0 bridgehead atoms. The SMILES string of the molecule is CC(C)[C@H](N)C(=O)O.O=c1cc(-c2ccc(O)c(O)c2)oc2cc(O)c([C@@H]3O[C@H](CO)[C@@H](O)[C@H](O)[C@H]3O)c(O)c12.O=c1cc(-c2ccc(O)c(O)c2)oc2cc(O)c([C@@H]3O[C@H](CO)[C@@H](O)[C@H](O)[C@H]3O)c(O)c12. The Labute approximate surface area is 403 Å². The van der Waals surface area contributed by atoms with Gasteiger partial charge in [-0.1, -0.05) is 13.8 Å². The molecule has 2 aliphatic rings. The normalized spacial score (nSPS) is 24.5. The molecule has 11 atom stereocenters. The molecular formula is C47H51NO24. The minimum atomic E-state index is -1.80. The molecule has 0 amide bonds. The van der Waals surface area contributed by atoms with Crippen LogP contribution in [0, 0.1) is 5.92 Å². The topological polar surface area (TPSA) is 466 Å². The van der Waals surface area contributed by atoms with Crippen LogP contribution in [0.15, 0.2) is 79.1 Å². The molecule has 0 aliphatic carbocycles. The number of ether oxygens (including phenoxy) is 2. The van der Waals surface area contributed by atoms with Crippen molar-refractivity contribution < 1.29 is 110 Å². The molecular weight excluding hydrogens is 962 g/mol. The highest BCUT2D eigenvalue weighted by atomic mass is 16.6. The minimum Gasteiger partial charge on any atom is -0.507 e. The van der Waals surface area contributed by atoms with Crippen LogP contribution in [0.1, 0.15) is 37.2 Å². The molecule has 4 heterocycles. The fourth-order valence-electron chi connectivity index (χ4n) is 7.77. The number of hydrogen-bond donors (Lipinski definition) is 18. The van der Waals surface area contributed by atoms with Gasteiger partial charge in [-0.15, -0.1) is 0 Å². The number of aromatic hydroxyl groups is 8. The van der Waals surface area contributed by atoms with Crippen molar-refractivity contribution in [3.63, 3.8) is 0 Å². The molecule has 25 heteroatoms. The molecule has 72 heavy (non-hydrogen) atoms. The molecule has 19 N–H and O–H groups in total. The van der Waals surface area contributed by atoms with Crippen molar-refractivity contribution in [1.82, 2.24) is 0 Å². The molecule has 8 rings (SSSR count). The highest BCUT2D eigenvalue weighted by Crippen LogP contribution is 2.47. The van der Waals surface area contributed by atoms with E-state index < -0.39 is 143 Å². The van der Waals surface area contributed by atoms with E-state index in [1.807, 2.05) is 0 Å². The lowest BCUT2D eigenvalue weighted by Gasteiger charge is -2.40. The van der Waals surface area contributed by atoms with Crippen LogP contribution in [0.5, 0.6) is 46.0 Å². The van der Waals surface area contributed by atoms with Gasteiger partial charge in [-0.25, -0.2) is 0 Å². The van der Waals surface area contributed by atoms with Crippen LogP contribution < -0.4 is 16.6 Å². The zero-order valence-electron chi connectivity index (χ0n) is 37.7. The van der Waals surface area contributed by atoms with E-state index >= 15 is 0 Å². The van der Waals surface area contributed by atoms with Gasteiger partial charge in [0, 0.05) is 35.4 Å². The van der Waals surface area contributed by atoms with E-state index in [9.17, 15) is 96.1 Å². The molecule has 2 aliphatic heterocycles. The van der Waals surface area contributed by atoms with Crippen LogP contribution in [0.25, 0.3) is 44.6 Å². The summed E-state index contributed by atoms with van der Waals surface area (Å²) in [4.78, 5) is 35.5. The van der Waals surface area contributed by atoms with Gasteiger partial charge in [-0.05, 0) is 42.3 Å². The lowest BCUT2D eigenvalue weighted by molar-refractivity contribution is -0.232. The first-order valence-corrected chi connectivity index (χ1v) is 21.5. The third-order valence-electron chi connectivity index (χ3n) is 11.9. The summed E-state index contributed by atoms with van der Waals surface area (Å²) in [7, 11) is 0. The molecule has 0 radical (unpaired) electrons. The number of carboxylic acid groups (broad SMARTS) is 1. The maximum absolute atomic E-state index is 12.8. The Bertz CT molecular complexity index is 2880. The lowest BCUT2D eigenvalue weighted by Crippen LogP contribution is -2.55. The van der Waals surface area contributed by atoms with E-state index in [0.717, 1.165) is 36.4 Å². The number of phenols is 8. The van der Waals surface area contributed by atoms with Gasteiger partial charge < -0.3 is 111 Å². The first-order valence-electron chi connectivity index (χ1n) is 21.5. The Morgan fingerprint density at radius 2 is 0.889 bits per heavy atom. The van der Waals surface area contributed by atoms with Gasteiger partial charge in [0.15, 0.2) is 33.9 Å². The maximum Gasteiger partial charge on any atom is 0.320 e. The summed E-state index contributed by atoms with van der Waals surface area (Å²) in [5, 5.41) is 168. The summed E-state index contributed by atoms with van der Waals surface area (Å²) in [6, 6.07) is 10.7. The Morgan fingerprint density at radius 3 is 1.18 bits per heavy atom. The Hall–Kier alpha value is -7.27. The van der Waals surface area contributed by atoms with Crippen molar-refractivity contribution in [1.29, 1.82) is 0 Å². The van der Waals surface area contributed by atoms with Crippen molar-refractivity contribution in [2.45, 2.75) is 80.9 Å². The number of fused-ring (bicyclic) bond motifs is 2. The Kier molecular flexibility index (Phi) is 16.2. The molecule has 2 fully saturated rings. The standard InChI is InChI=1S/2C21H20O11.C5H11NO2/c2*22-6-14-17(27)19(29)20(30)21(32-14)16-11(26)5-13-15(18(16)28)10(25)4-12(31-13)7-1-2-8(23)9(24)3-7;1-3(2)4(6)5(7)8/h2*1-5,14,17,19-24,26-30H,6H2;3-4H,6H2,1-2H3,(H,7,8)/t2*14-,17-,19+,20-,21+;4-/m110/s1. The van der Waals surface area contributed by atoms with Crippen molar-refractivity contribution in [3.8, 4) is 68.6 Å². The summed E-state index contributed by atoms with van der Waals surface area (Å²) in [5.41, 5.74) is 2.81. The number of aliphatic hydroxyl groups excluding tert-OH is 8. The fraction of sp³-hybridized carbons (Fsp3) is 0.340. The zero-order valence-corrected chi connectivity index (χ0v) is 37.7. The van der Waals surface area contributed by atoms with Gasteiger partial charge in [0.25, 0.3) is 0 Å². The van der Waals surface area contributed by atoms with Crippen molar-refractivity contribution in [2.75, 3.05) is 13.2 Å². The molecule has 388 valence electrons. The van der Waals surface area contributed by atoms with Gasteiger partial charge in [0.05, 0.1) is 24.3 Å². The van der Waals surface area contributed by atoms with Gasteiger partial charge in [-0.2, -0.15) is 0 Å². The number of phenolic OH excluding ortho intramolecular Hbond substituents is 8. The summed E-state index contributed by atoms with van der Waals surface area (Å²) in [6.07, 6.45) is -16.2. The molecule has 2 aromatic heterocycles. The van der Waals surface area contributed by atoms with E-state index in [-0.39, 0.29) is 62.0 Å². The molecule has 6 aromatic rings. The van der Waals surface area contributed by atoms with E-state index in [1.165, 1.54) is 24.3 Å². The minimum absolute atomic E-state index is 0.0208. The maximum atomic E-state index is 12.8. The Morgan fingerprint density at radius 1 is 0.528 bits per heavy atom. The number of hydrogen-bond acceptors (Lipinski definition) is 24. The number of benzene rings is 4. The van der Waals surface area contributed by atoms with E-state index in [4.69, 9.17) is 29.1 Å². The summed E-state index contributed by atoms with van der Waals surface area (Å²) in [5.74, 6) is -5.48.